The lowest BCUT2D eigenvalue weighted by molar-refractivity contribution is -0.138. The number of hydrogen-bond acceptors (Lipinski definition) is 3. The van der Waals surface area contributed by atoms with Crippen molar-refractivity contribution < 1.29 is 19.7 Å². The number of ether oxygens (including phenoxy) is 1. The van der Waals surface area contributed by atoms with Crippen LogP contribution in [0.25, 0.3) is 0 Å². The molecule has 2 N–H and O–H groups in total. The van der Waals surface area contributed by atoms with E-state index in [1.165, 1.54) is 0 Å². The maximum Gasteiger partial charge on any atom is 0.303 e. The number of hydrogen-bond donors (Lipinski definition) is 2. The fourth-order valence-corrected chi connectivity index (χ4v) is 2.84. The molecule has 1 aliphatic rings. The Morgan fingerprint density at radius 1 is 1.25 bits per heavy atom. The van der Waals surface area contributed by atoms with E-state index in [9.17, 15) is 9.90 Å². The number of carbonyl (C=O) groups is 1. The highest BCUT2D eigenvalue weighted by Crippen LogP contribution is 2.44. The summed E-state index contributed by atoms with van der Waals surface area (Å²) in [4.78, 5) is 10.8. The van der Waals surface area contributed by atoms with E-state index in [1.54, 1.807) is 0 Å². The molecule has 0 saturated heterocycles. The van der Waals surface area contributed by atoms with Gasteiger partial charge in [-0.3, -0.25) is 4.79 Å². The Bertz CT molecular complexity index is 562. The Morgan fingerprint density at radius 2 is 1.90 bits per heavy atom. The lowest BCUT2D eigenvalue weighted by atomic mass is 9.85. The molecule has 1 atom stereocenters. The van der Waals surface area contributed by atoms with Crippen LogP contribution in [0.4, 0.5) is 0 Å². The van der Waals surface area contributed by atoms with Crippen LogP contribution in [0.15, 0.2) is 0 Å². The number of benzene rings is 1. The first-order chi connectivity index (χ1) is 9.25. The summed E-state index contributed by atoms with van der Waals surface area (Å²) < 4.78 is 6.14. The van der Waals surface area contributed by atoms with Crippen LogP contribution >= 0.6 is 0 Å². The van der Waals surface area contributed by atoms with Crippen LogP contribution in [0.1, 0.15) is 48.4 Å². The molecule has 0 amide bonds. The number of phenols is 1. The van der Waals surface area contributed by atoms with E-state index in [2.05, 4.69) is 0 Å². The Kier molecular flexibility index (Phi) is 3.67. The van der Waals surface area contributed by atoms with Gasteiger partial charge >= 0.3 is 5.97 Å². The van der Waals surface area contributed by atoms with Crippen molar-refractivity contribution in [3.8, 4) is 11.5 Å². The third-order valence-electron chi connectivity index (χ3n) is 4.46. The van der Waals surface area contributed by atoms with Crippen molar-refractivity contribution in [3.05, 3.63) is 22.3 Å². The minimum Gasteiger partial charge on any atom is -0.507 e. The molecule has 1 aromatic carbocycles. The molecule has 0 spiro atoms. The standard InChI is InChI=1S/C16H22O4/c1-9-10(2)15-12(11(3)14(9)19)5-7-16(4,20-15)8-6-13(17)18/h19H,5-8H2,1-4H3,(H,17,18)/t16-/m1/s1. The van der Waals surface area contributed by atoms with E-state index < -0.39 is 11.6 Å². The molecule has 1 heterocycles. The number of rotatable bonds is 3. The van der Waals surface area contributed by atoms with Crippen LogP contribution in [0, 0.1) is 20.8 Å². The van der Waals surface area contributed by atoms with Gasteiger partial charge in [-0.25, -0.2) is 0 Å². The van der Waals surface area contributed by atoms with Crippen LogP contribution in [0.5, 0.6) is 11.5 Å². The number of phenolic OH excluding ortho intramolecular Hbond substituents is 1. The molecule has 0 aliphatic carbocycles. The number of carboxylic acid groups (broad SMARTS) is 1. The molecule has 0 bridgehead atoms. The van der Waals surface area contributed by atoms with Crippen molar-refractivity contribution in [2.24, 2.45) is 0 Å². The van der Waals surface area contributed by atoms with Gasteiger partial charge in [0.05, 0.1) is 0 Å². The predicted octanol–water partition coefficient (Wildman–Crippen LogP) is 3.27. The van der Waals surface area contributed by atoms with Gasteiger partial charge in [-0.2, -0.15) is 0 Å². The van der Waals surface area contributed by atoms with Crippen LogP contribution in [0.2, 0.25) is 0 Å². The van der Waals surface area contributed by atoms with Gasteiger partial charge in [0.1, 0.15) is 17.1 Å². The van der Waals surface area contributed by atoms with Gasteiger partial charge < -0.3 is 14.9 Å². The van der Waals surface area contributed by atoms with Crippen molar-refractivity contribution >= 4 is 5.97 Å². The lowest BCUT2D eigenvalue weighted by Crippen LogP contribution is -2.37. The SMILES string of the molecule is Cc1c(C)c2c(c(C)c1O)CC[C@](C)(CCC(=O)O)O2. The number of aromatic hydroxyl groups is 1. The van der Waals surface area contributed by atoms with Gasteiger partial charge in [-0.05, 0) is 63.6 Å². The van der Waals surface area contributed by atoms with Gasteiger partial charge in [-0.1, -0.05) is 0 Å². The maximum atomic E-state index is 10.8. The normalized spacial score (nSPS) is 21.2. The quantitative estimate of drug-likeness (QED) is 0.890. The highest BCUT2D eigenvalue weighted by Gasteiger charge is 2.34. The summed E-state index contributed by atoms with van der Waals surface area (Å²) in [6.45, 7) is 7.69. The third-order valence-corrected chi connectivity index (χ3v) is 4.46. The topological polar surface area (TPSA) is 66.8 Å². The van der Waals surface area contributed by atoms with Crippen LogP contribution in [-0.4, -0.2) is 21.8 Å². The third kappa shape index (κ3) is 2.47. The fraction of sp³-hybridized carbons (Fsp3) is 0.562. The molecule has 2 rings (SSSR count). The average molecular weight is 278 g/mol. The molecule has 110 valence electrons. The molecular weight excluding hydrogens is 256 g/mol. The number of carboxylic acids is 1. The highest BCUT2D eigenvalue weighted by molar-refractivity contribution is 5.66. The number of aliphatic carboxylic acids is 1. The molecule has 0 radical (unpaired) electrons. The zero-order valence-electron chi connectivity index (χ0n) is 12.5. The molecule has 4 nitrogen and oxygen atoms in total. The van der Waals surface area contributed by atoms with E-state index >= 15 is 0 Å². The smallest absolute Gasteiger partial charge is 0.303 e. The Labute approximate surface area is 119 Å². The molecule has 0 fully saturated rings. The van der Waals surface area contributed by atoms with Gasteiger partial charge in [0, 0.05) is 12.0 Å². The molecule has 1 aromatic rings. The molecule has 20 heavy (non-hydrogen) atoms. The summed E-state index contributed by atoms with van der Waals surface area (Å²) in [6.07, 6.45) is 2.20. The predicted molar refractivity (Wildman–Crippen MR) is 76.5 cm³/mol. The summed E-state index contributed by atoms with van der Waals surface area (Å²) in [5.74, 6) is 0.381. The van der Waals surface area contributed by atoms with Gasteiger partial charge in [0.15, 0.2) is 0 Å². The van der Waals surface area contributed by atoms with Crippen LogP contribution < -0.4 is 4.74 Å². The van der Waals surface area contributed by atoms with Crippen molar-refractivity contribution in [2.75, 3.05) is 0 Å². The van der Waals surface area contributed by atoms with Crippen LogP contribution in [0.3, 0.4) is 0 Å². The van der Waals surface area contributed by atoms with E-state index in [4.69, 9.17) is 9.84 Å². The Balaban J connectivity index is 2.37. The maximum absolute atomic E-state index is 10.8. The average Bonchev–Trinajstić information content (AvgIpc) is 2.41. The van der Waals surface area contributed by atoms with Gasteiger partial charge in [0.25, 0.3) is 0 Å². The molecule has 0 unspecified atom stereocenters. The first-order valence-electron chi connectivity index (χ1n) is 6.97. The minimum absolute atomic E-state index is 0.112. The summed E-state index contributed by atoms with van der Waals surface area (Å²) in [6, 6.07) is 0. The molecule has 4 heteroatoms. The largest absolute Gasteiger partial charge is 0.507 e. The lowest BCUT2D eigenvalue weighted by Gasteiger charge is -2.37. The molecule has 0 saturated carbocycles. The highest BCUT2D eigenvalue weighted by atomic mass is 16.5. The van der Waals surface area contributed by atoms with E-state index in [0.717, 1.165) is 40.8 Å². The van der Waals surface area contributed by atoms with E-state index in [-0.39, 0.29) is 6.42 Å². The Morgan fingerprint density at radius 3 is 2.50 bits per heavy atom. The van der Waals surface area contributed by atoms with E-state index in [0.29, 0.717) is 12.2 Å². The second-order valence-corrected chi connectivity index (χ2v) is 5.98. The summed E-state index contributed by atoms with van der Waals surface area (Å²) in [5, 5.41) is 19.0. The van der Waals surface area contributed by atoms with Crippen molar-refractivity contribution in [1.82, 2.24) is 0 Å². The Hall–Kier alpha value is -1.71. The first-order valence-corrected chi connectivity index (χ1v) is 6.97. The fourth-order valence-electron chi connectivity index (χ4n) is 2.84. The molecular formula is C16H22O4. The first kappa shape index (κ1) is 14.7. The van der Waals surface area contributed by atoms with Crippen molar-refractivity contribution in [3.63, 3.8) is 0 Å². The van der Waals surface area contributed by atoms with E-state index in [1.807, 2.05) is 27.7 Å². The minimum atomic E-state index is -0.796. The van der Waals surface area contributed by atoms with Gasteiger partial charge in [-0.15, -0.1) is 0 Å². The zero-order chi connectivity index (χ0) is 15.1. The second kappa shape index (κ2) is 5.00. The summed E-state index contributed by atoms with van der Waals surface area (Å²) >= 11 is 0. The van der Waals surface area contributed by atoms with Crippen molar-refractivity contribution in [2.45, 2.75) is 59.0 Å². The number of fused-ring (bicyclic) bond motifs is 1. The summed E-state index contributed by atoms with van der Waals surface area (Å²) in [5.41, 5.74) is 3.28. The molecule has 0 aromatic heterocycles. The van der Waals surface area contributed by atoms with Crippen LogP contribution in [-0.2, 0) is 11.2 Å². The monoisotopic (exact) mass is 278 g/mol. The molecule has 1 aliphatic heterocycles. The summed E-state index contributed by atoms with van der Waals surface area (Å²) in [7, 11) is 0. The van der Waals surface area contributed by atoms with Gasteiger partial charge in [0.2, 0.25) is 0 Å². The zero-order valence-corrected chi connectivity index (χ0v) is 12.5. The van der Waals surface area contributed by atoms with Crippen molar-refractivity contribution in [1.29, 1.82) is 0 Å². The second-order valence-electron chi connectivity index (χ2n) is 5.98.